The molecule has 19 heteroatoms. The van der Waals surface area contributed by atoms with Gasteiger partial charge in [-0.15, -0.1) is 0 Å². The lowest BCUT2D eigenvalue weighted by molar-refractivity contribution is -0.384. The molecule has 362 valence electrons. The van der Waals surface area contributed by atoms with Crippen molar-refractivity contribution >= 4 is 61.2 Å². The minimum atomic E-state index is -4.60. The third-order valence-corrected chi connectivity index (χ3v) is 15.1. The van der Waals surface area contributed by atoms with Crippen molar-refractivity contribution in [3.05, 3.63) is 117 Å². The zero-order valence-corrected chi connectivity index (χ0v) is 39.9. The highest BCUT2D eigenvalue weighted by molar-refractivity contribution is 7.90. The van der Waals surface area contributed by atoms with Crippen molar-refractivity contribution in [3.63, 3.8) is 0 Å². The van der Waals surface area contributed by atoms with Crippen molar-refractivity contribution in [2.24, 2.45) is 11.3 Å². The SMILES string of the molecule is CN1CCC(CCCNc2ccc(S(=O)(=O)NC(=O)c3ccc(N4CCN(CC5=C(c6ccc(C(F)(F)F)cc6Cl)CC(C)(C)CC5)CC4)cc3Oc3cnc4[nH]ccc4c3)cc2[N+](=O)[O-])CC1. The summed E-state index contributed by atoms with van der Waals surface area (Å²) >= 11 is 6.54. The van der Waals surface area contributed by atoms with Gasteiger partial charge >= 0.3 is 6.18 Å². The van der Waals surface area contributed by atoms with Gasteiger partial charge in [0.2, 0.25) is 0 Å². The molecule has 2 fully saturated rings. The first-order chi connectivity index (χ1) is 32.3. The molecule has 5 aromatic rings. The second kappa shape index (κ2) is 20.1. The summed E-state index contributed by atoms with van der Waals surface area (Å²) < 4.78 is 76.4. The van der Waals surface area contributed by atoms with Crippen LogP contribution in [-0.4, -0.2) is 98.4 Å². The van der Waals surface area contributed by atoms with E-state index < -0.39 is 43.2 Å². The Morgan fingerprint density at radius 2 is 1.78 bits per heavy atom. The molecular formula is C49H56ClF3N8O6S. The number of allylic oxidation sites excluding steroid dienone is 1. The smallest absolute Gasteiger partial charge is 0.416 e. The van der Waals surface area contributed by atoms with Gasteiger partial charge in [-0.2, -0.15) is 13.2 Å². The molecule has 0 atom stereocenters. The Morgan fingerprint density at radius 3 is 2.50 bits per heavy atom. The largest absolute Gasteiger partial charge is 0.455 e. The first-order valence-corrected chi connectivity index (χ1v) is 24.8. The van der Waals surface area contributed by atoms with Crippen molar-refractivity contribution in [2.45, 2.75) is 69.9 Å². The van der Waals surface area contributed by atoms with E-state index in [-0.39, 0.29) is 27.4 Å². The maximum Gasteiger partial charge on any atom is 0.416 e. The fourth-order valence-corrected chi connectivity index (χ4v) is 10.7. The Bertz CT molecular complexity index is 2820. The molecule has 0 bridgehead atoms. The molecule has 2 saturated heterocycles. The van der Waals surface area contributed by atoms with Crippen LogP contribution in [0.25, 0.3) is 16.6 Å². The van der Waals surface area contributed by atoms with Crippen LogP contribution in [-0.2, 0) is 16.2 Å². The van der Waals surface area contributed by atoms with Crippen LogP contribution in [0.3, 0.4) is 0 Å². The number of aromatic amines is 1. The van der Waals surface area contributed by atoms with Crippen LogP contribution in [0.4, 0.5) is 30.2 Å². The lowest BCUT2D eigenvalue weighted by Crippen LogP contribution is -2.47. The summed E-state index contributed by atoms with van der Waals surface area (Å²) in [5.41, 5.74) is 2.96. The summed E-state index contributed by atoms with van der Waals surface area (Å²) in [5.74, 6) is -0.0369. The number of aromatic nitrogens is 2. The maximum atomic E-state index is 14.0. The van der Waals surface area contributed by atoms with Crippen LogP contribution in [0.1, 0.15) is 80.3 Å². The summed E-state index contributed by atoms with van der Waals surface area (Å²) in [7, 11) is -2.50. The number of ether oxygens (including phenoxy) is 1. The van der Waals surface area contributed by atoms with Gasteiger partial charge in [-0.25, -0.2) is 18.1 Å². The first-order valence-electron chi connectivity index (χ1n) is 22.9. The number of fused-ring (bicyclic) bond motifs is 1. The molecule has 2 aliphatic heterocycles. The lowest BCUT2D eigenvalue weighted by Gasteiger charge is -2.39. The predicted octanol–water partition coefficient (Wildman–Crippen LogP) is 10.4. The monoisotopic (exact) mass is 976 g/mol. The molecule has 0 unspecified atom stereocenters. The van der Waals surface area contributed by atoms with Gasteiger partial charge in [0.15, 0.2) is 0 Å². The second-order valence-corrected chi connectivity index (χ2v) is 21.0. The number of benzene rings is 3. The summed E-state index contributed by atoms with van der Waals surface area (Å²) in [6.45, 7) is 10.0. The van der Waals surface area contributed by atoms with Gasteiger partial charge in [-0.3, -0.25) is 19.8 Å². The minimum absolute atomic E-state index is 0.0462. The fraction of sp³-hybridized carbons (Fsp3) is 0.429. The Morgan fingerprint density at radius 1 is 1.01 bits per heavy atom. The van der Waals surface area contributed by atoms with E-state index in [1.165, 1.54) is 30.5 Å². The van der Waals surface area contributed by atoms with Crippen LogP contribution in [0, 0.1) is 21.4 Å². The molecule has 4 heterocycles. The Balaban J connectivity index is 0.979. The van der Waals surface area contributed by atoms with Crippen LogP contribution in [0.2, 0.25) is 5.02 Å². The lowest BCUT2D eigenvalue weighted by atomic mass is 9.72. The normalized spacial score (nSPS) is 17.7. The van der Waals surface area contributed by atoms with E-state index in [1.54, 1.807) is 24.4 Å². The van der Waals surface area contributed by atoms with Crippen molar-refractivity contribution in [3.8, 4) is 11.5 Å². The third kappa shape index (κ3) is 11.6. The Kier molecular flexibility index (Phi) is 14.4. The van der Waals surface area contributed by atoms with E-state index in [0.29, 0.717) is 68.6 Å². The zero-order chi connectivity index (χ0) is 48.4. The molecular weight excluding hydrogens is 921 g/mol. The molecule has 0 spiro atoms. The number of hydrogen-bond acceptors (Lipinski definition) is 11. The molecule has 1 amide bonds. The molecule has 3 aliphatic rings. The number of nitro benzene ring substituents is 1. The van der Waals surface area contributed by atoms with Gasteiger partial charge < -0.3 is 24.8 Å². The number of piperidine rings is 1. The number of piperazine rings is 1. The average molecular weight is 978 g/mol. The number of rotatable bonds is 15. The summed E-state index contributed by atoms with van der Waals surface area (Å²) in [5, 5.41) is 16.1. The molecule has 14 nitrogen and oxygen atoms in total. The first kappa shape index (κ1) is 48.8. The van der Waals surface area contributed by atoms with E-state index in [2.05, 4.69) is 55.6 Å². The quantitative estimate of drug-likeness (QED) is 0.0519. The number of sulfonamides is 1. The topological polar surface area (TPSA) is 166 Å². The van der Waals surface area contributed by atoms with Crippen LogP contribution >= 0.6 is 11.6 Å². The summed E-state index contributed by atoms with van der Waals surface area (Å²) in [6, 6.07) is 15.5. The van der Waals surface area contributed by atoms with Crippen LogP contribution in [0.15, 0.2) is 89.6 Å². The van der Waals surface area contributed by atoms with Crippen molar-refractivity contribution in [2.75, 3.05) is 69.6 Å². The number of amides is 1. The Hall–Kier alpha value is -5.69. The number of halogens is 4. The van der Waals surface area contributed by atoms with E-state index in [0.717, 1.165) is 92.0 Å². The third-order valence-electron chi connectivity index (χ3n) is 13.4. The number of hydrogen-bond donors (Lipinski definition) is 3. The van der Waals surface area contributed by atoms with E-state index in [9.17, 15) is 36.5 Å². The number of pyridine rings is 1. The number of alkyl halides is 3. The van der Waals surface area contributed by atoms with Gasteiger partial charge in [0.05, 0.1) is 27.1 Å². The second-order valence-electron chi connectivity index (χ2n) is 18.9. The number of nitro groups is 1. The number of carbonyl (C=O) groups is 1. The standard InChI is InChI=1S/C49H56ClF3N8O6S/c1-48(2)16-12-34(41(29-48)39-9-6-35(26-42(39)50)49(51,52)53)31-59-21-23-60(24-22-59)36-7-10-40(45(27-36)67-37-25-33-13-18-55-46(33)56-30-37)47(62)57-68(65,66)38-8-11-43(44(28-38)61(63)64)54-17-4-5-32-14-19-58(3)20-15-32/h6-11,13,18,25-28,30,32,54H,4-5,12,14-17,19-24,29,31H2,1-3H3,(H,55,56)(H,57,62). The predicted molar refractivity (Wildman–Crippen MR) is 258 cm³/mol. The zero-order valence-electron chi connectivity index (χ0n) is 38.3. The Labute approximate surface area is 399 Å². The maximum absolute atomic E-state index is 14.0. The molecule has 2 aromatic heterocycles. The molecule has 0 saturated carbocycles. The average Bonchev–Trinajstić information content (AvgIpc) is 3.77. The van der Waals surface area contributed by atoms with Crippen molar-refractivity contribution in [1.29, 1.82) is 0 Å². The van der Waals surface area contributed by atoms with Crippen LogP contribution in [0.5, 0.6) is 11.5 Å². The summed E-state index contributed by atoms with van der Waals surface area (Å²) in [4.78, 5) is 39.2. The van der Waals surface area contributed by atoms with Gasteiger partial charge in [0.25, 0.3) is 21.6 Å². The molecule has 8 rings (SSSR count). The van der Waals surface area contributed by atoms with E-state index in [1.807, 2.05) is 6.07 Å². The van der Waals surface area contributed by atoms with Gasteiger partial charge in [-0.1, -0.05) is 37.1 Å². The van der Waals surface area contributed by atoms with Crippen molar-refractivity contribution in [1.82, 2.24) is 24.5 Å². The van der Waals surface area contributed by atoms with Gasteiger partial charge in [-0.05, 0) is 136 Å². The number of likely N-dealkylation sites (tertiary alicyclic amines) is 1. The number of carbonyl (C=O) groups excluding carboxylic acids is 1. The number of nitrogens with zero attached hydrogens (tertiary/aromatic N) is 5. The molecule has 68 heavy (non-hydrogen) atoms. The highest BCUT2D eigenvalue weighted by Crippen LogP contribution is 2.46. The van der Waals surface area contributed by atoms with Crippen LogP contribution < -0.4 is 19.7 Å². The van der Waals surface area contributed by atoms with E-state index >= 15 is 0 Å². The molecule has 1 aliphatic carbocycles. The molecule has 0 radical (unpaired) electrons. The summed E-state index contributed by atoms with van der Waals surface area (Å²) in [6.07, 6.45) is 5.15. The van der Waals surface area contributed by atoms with Gasteiger partial charge in [0.1, 0.15) is 22.8 Å². The van der Waals surface area contributed by atoms with Gasteiger partial charge in [0, 0.05) is 73.7 Å². The fourth-order valence-electron chi connectivity index (χ4n) is 9.42. The number of anilines is 2. The highest BCUT2D eigenvalue weighted by atomic mass is 35.5. The number of H-pyrrole nitrogens is 1. The van der Waals surface area contributed by atoms with E-state index in [4.69, 9.17) is 16.3 Å². The minimum Gasteiger partial charge on any atom is -0.455 e. The molecule has 3 aromatic carbocycles. The number of nitrogens with one attached hydrogen (secondary N) is 3. The highest BCUT2D eigenvalue weighted by Gasteiger charge is 2.34. The van der Waals surface area contributed by atoms with Crippen molar-refractivity contribution < 1.29 is 36.0 Å². The molecule has 3 N–H and O–H groups in total.